The molecule has 1 aromatic rings. The van der Waals surface area contributed by atoms with Gasteiger partial charge in [-0.1, -0.05) is 36.2 Å². The zero-order valence-electron chi connectivity index (χ0n) is 11.5. The number of thiophene rings is 1. The molecule has 19 heavy (non-hydrogen) atoms. The molecule has 2 atom stereocenters. The fourth-order valence-corrected chi connectivity index (χ4v) is 3.90. The lowest BCUT2D eigenvalue weighted by Crippen LogP contribution is -2.40. The molecule has 0 aliphatic rings. The Morgan fingerprint density at radius 2 is 2.00 bits per heavy atom. The molecule has 1 rings (SSSR count). The third-order valence-electron chi connectivity index (χ3n) is 2.68. The van der Waals surface area contributed by atoms with Crippen molar-refractivity contribution >= 4 is 43.6 Å². The lowest BCUT2D eigenvalue weighted by molar-refractivity contribution is -0.110. The number of rotatable bonds is 6. The number of nitrogens with one attached hydrogen (secondary N) is 1. The van der Waals surface area contributed by atoms with Gasteiger partial charge in [-0.3, -0.25) is 0 Å². The van der Waals surface area contributed by atoms with Gasteiger partial charge in [-0.05, 0) is 30.8 Å². The van der Waals surface area contributed by atoms with E-state index >= 15 is 0 Å². The van der Waals surface area contributed by atoms with Gasteiger partial charge in [0.15, 0.2) is 0 Å². The molecule has 1 heterocycles. The van der Waals surface area contributed by atoms with Crippen LogP contribution in [-0.2, 0) is 14.8 Å². The Morgan fingerprint density at radius 1 is 1.42 bits per heavy atom. The normalized spacial score (nSPS) is 14.2. The highest BCUT2D eigenvalue weighted by atomic mass is 79.9. The molecule has 110 valence electrons. The van der Waals surface area contributed by atoms with E-state index in [4.69, 9.17) is 0 Å². The van der Waals surface area contributed by atoms with Gasteiger partial charge >= 0.3 is 0 Å². The van der Waals surface area contributed by atoms with Crippen molar-refractivity contribution in [3.8, 4) is 0 Å². The van der Waals surface area contributed by atoms with Gasteiger partial charge in [0.1, 0.15) is 10.5 Å². The first-order valence-corrected chi connectivity index (χ1v) is 9.71. The molecule has 2 unspecified atom stereocenters. The number of carbonyl (C=O) groups is 1. The maximum absolute atomic E-state index is 12.0. The summed E-state index contributed by atoms with van der Waals surface area (Å²) >= 11 is 4.14. The molecular formula is C12H20BrNO3S2. The van der Waals surface area contributed by atoms with Crippen LogP contribution in [0.15, 0.2) is 16.3 Å². The molecular weight excluding hydrogens is 350 g/mol. The van der Waals surface area contributed by atoms with E-state index in [2.05, 4.69) is 20.7 Å². The maximum Gasteiger partial charge on any atom is 0.250 e. The number of sulfonamides is 1. The lowest BCUT2D eigenvalue weighted by atomic mass is 10.0. The molecule has 7 heteroatoms. The Hall–Kier alpha value is -0.240. The molecule has 0 saturated heterocycles. The van der Waals surface area contributed by atoms with E-state index in [0.717, 1.165) is 11.3 Å². The summed E-state index contributed by atoms with van der Waals surface area (Å²) in [6.45, 7) is 5.61. The van der Waals surface area contributed by atoms with Gasteiger partial charge in [0.2, 0.25) is 0 Å². The fraction of sp³-hybridized carbons (Fsp3) is 0.583. The van der Waals surface area contributed by atoms with E-state index in [9.17, 15) is 13.2 Å². The molecule has 0 radical (unpaired) electrons. The van der Waals surface area contributed by atoms with E-state index in [-0.39, 0.29) is 10.1 Å². The first kappa shape index (κ1) is 18.8. The van der Waals surface area contributed by atoms with E-state index in [1.54, 1.807) is 12.1 Å². The zero-order chi connectivity index (χ0) is 15.1. The number of halogens is 1. The summed E-state index contributed by atoms with van der Waals surface area (Å²) < 4.78 is 26.6. The van der Waals surface area contributed by atoms with Crippen LogP contribution in [0.2, 0.25) is 0 Å². The van der Waals surface area contributed by atoms with Crippen LogP contribution in [0.25, 0.3) is 0 Å². The third-order valence-corrected chi connectivity index (χ3v) is 5.63. The average Bonchev–Trinajstić information content (AvgIpc) is 2.85. The van der Waals surface area contributed by atoms with Crippen molar-refractivity contribution in [3.05, 3.63) is 17.0 Å². The predicted molar refractivity (Wildman–Crippen MR) is 83.5 cm³/mol. The quantitative estimate of drug-likeness (QED) is 0.619. The number of aldehydes is 1. The summed E-state index contributed by atoms with van der Waals surface area (Å²) in [6.07, 6.45) is 1.40. The summed E-state index contributed by atoms with van der Waals surface area (Å²) in [5, 5.41) is 0. The second kappa shape index (κ2) is 8.84. The Morgan fingerprint density at radius 3 is 2.37 bits per heavy atom. The molecule has 4 nitrogen and oxygen atoms in total. The molecule has 0 saturated carbocycles. The van der Waals surface area contributed by atoms with E-state index in [0.29, 0.717) is 6.29 Å². The standard InChI is InChI=1S/C11H17NO3S2.CH3Br/c1-4-8(2)10(7-13)12-17(14,15)11-6-5-9(3)16-11;1-2/h5-8,10,12H,4H2,1-3H3;1H3. The highest BCUT2D eigenvalue weighted by Gasteiger charge is 2.24. The maximum atomic E-state index is 12.0. The van der Waals surface area contributed by atoms with Crippen molar-refractivity contribution in [2.45, 2.75) is 37.4 Å². The van der Waals surface area contributed by atoms with Gasteiger partial charge in [0.05, 0.1) is 6.04 Å². The molecule has 0 amide bonds. The molecule has 0 aliphatic heterocycles. The largest absolute Gasteiger partial charge is 0.302 e. The number of aryl methyl sites for hydroxylation is 1. The lowest BCUT2D eigenvalue weighted by Gasteiger charge is -2.17. The van der Waals surface area contributed by atoms with Crippen molar-refractivity contribution in [2.75, 3.05) is 5.83 Å². The van der Waals surface area contributed by atoms with Crippen LogP contribution in [0.4, 0.5) is 0 Å². The Labute approximate surface area is 127 Å². The average molecular weight is 370 g/mol. The monoisotopic (exact) mass is 369 g/mol. The van der Waals surface area contributed by atoms with Crippen LogP contribution in [0, 0.1) is 12.8 Å². The highest BCUT2D eigenvalue weighted by Crippen LogP contribution is 2.21. The van der Waals surface area contributed by atoms with E-state index in [1.807, 2.05) is 26.6 Å². The van der Waals surface area contributed by atoms with Gasteiger partial charge < -0.3 is 4.79 Å². The van der Waals surface area contributed by atoms with Crippen molar-refractivity contribution in [2.24, 2.45) is 5.92 Å². The minimum Gasteiger partial charge on any atom is -0.302 e. The van der Waals surface area contributed by atoms with Crippen molar-refractivity contribution in [1.82, 2.24) is 4.72 Å². The Balaban J connectivity index is 0.00000154. The van der Waals surface area contributed by atoms with Gasteiger partial charge in [0, 0.05) is 4.88 Å². The van der Waals surface area contributed by atoms with Crippen LogP contribution in [0.5, 0.6) is 0 Å². The molecule has 0 spiro atoms. The van der Waals surface area contributed by atoms with Gasteiger partial charge in [-0.25, -0.2) is 8.42 Å². The number of hydrogen-bond acceptors (Lipinski definition) is 4. The SMILES string of the molecule is CBr.CCC(C)C(C=O)NS(=O)(=O)c1ccc(C)s1. The summed E-state index contributed by atoms with van der Waals surface area (Å²) in [6, 6.07) is 2.64. The molecule has 0 aromatic carbocycles. The minimum atomic E-state index is -3.57. The van der Waals surface area contributed by atoms with E-state index in [1.165, 1.54) is 11.3 Å². The summed E-state index contributed by atoms with van der Waals surface area (Å²) in [5.74, 6) is 1.80. The highest BCUT2D eigenvalue weighted by molar-refractivity contribution is 9.08. The van der Waals surface area contributed by atoms with Crippen LogP contribution in [-0.4, -0.2) is 26.6 Å². The topological polar surface area (TPSA) is 63.2 Å². The van der Waals surface area contributed by atoms with Gasteiger partial charge in [-0.2, -0.15) is 4.72 Å². The Kier molecular flexibility index (Phi) is 8.73. The number of carbonyl (C=O) groups excluding carboxylic acids is 1. The molecule has 0 bridgehead atoms. The van der Waals surface area contributed by atoms with Gasteiger partial charge in [-0.15, -0.1) is 11.3 Å². The van der Waals surface area contributed by atoms with Gasteiger partial charge in [0.25, 0.3) is 10.0 Å². The van der Waals surface area contributed by atoms with Crippen LogP contribution in [0.1, 0.15) is 25.1 Å². The van der Waals surface area contributed by atoms with Crippen LogP contribution >= 0.6 is 27.3 Å². The fourth-order valence-electron chi connectivity index (χ4n) is 1.33. The van der Waals surface area contributed by atoms with Crippen molar-refractivity contribution < 1.29 is 13.2 Å². The second-order valence-electron chi connectivity index (χ2n) is 4.03. The number of alkyl halides is 1. The van der Waals surface area contributed by atoms with Crippen molar-refractivity contribution in [1.29, 1.82) is 0 Å². The van der Waals surface area contributed by atoms with E-state index < -0.39 is 16.1 Å². The summed E-state index contributed by atoms with van der Waals surface area (Å²) in [4.78, 5) is 11.8. The first-order valence-electron chi connectivity index (χ1n) is 5.82. The third kappa shape index (κ3) is 5.72. The van der Waals surface area contributed by atoms with Crippen molar-refractivity contribution in [3.63, 3.8) is 0 Å². The minimum absolute atomic E-state index is 0.0108. The molecule has 0 fully saturated rings. The number of hydrogen-bond donors (Lipinski definition) is 1. The van der Waals surface area contributed by atoms with Crippen LogP contribution < -0.4 is 4.72 Å². The first-order chi connectivity index (χ1) is 8.90. The smallest absolute Gasteiger partial charge is 0.250 e. The predicted octanol–water partition coefficient (Wildman–Crippen LogP) is 2.96. The zero-order valence-corrected chi connectivity index (χ0v) is 14.7. The molecule has 1 N–H and O–H groups in total. The molecule has 1 aromatic heterocycles. The molecule has 0 aliphatic carbocycles. The Bertz CT molecular complexity index is 485. The second-order valence-corrected chi connectivity index (χ2v) is 7.26. The summed E-state index contributed by atoms with van der Waals surface area (Å²) in [7, 11) is -3.57. The summed E-state index contributed by atoms with van der Waals surface area (Å²) in [5.41, 5.74) is 0. The van der Waals surface area contributed by atoms with Crippen LogP contribution in [0.3, 0.4) is 0 Å².